The first-order valence-corrected chi connectivity index (χ1v) is 6.58. The topological polar surface area (TPSA) is 64.6 Å². The molecule has 104 valence electrons. The second kappa shape index (κ2) is 6.43. The number of hydrogen-bond acceptors (Lipinski definition) is 5. The van der Waals surface area contributed by atoms with Gasteiger partial charge < -0.3 is 14.8 Å². The molecule has 1 rings (SSSR count). The Labute approximate surface area is 113 Å². The second-order valence-corrected chi connectivity index (χ2v) is 5.32. The Hall–Kier alpha value is -0.750. The van der Waals surface area contributed by atoms with Crippen LogP contribution < -0.4 is 5.32 Å². The maximum atomic E-state index is 11.1. The number of hydrogen-bond donors (Lipinski definition) is 2. The number of esters is 1. The van der Waals surface area contributed by atoms with Gasteiger partial charge in [-0.25, -0.2) is 0 Å². The summed E-state index contributed by atoms with van der Waals surface area (Å²) in [5.74, 6) is -0.0476. The fraction of sp³-hybridized carbons (Fsp3) is 0.833. The minimum atomic E-state index is -0.388. The van der Waals surface area contributed by atoms with Gasteiger partial charge in [-0.3, -0.25) is 9.59 Å². The van der Waals surface area contributed by atoms with E-state index in [9.17, 15) is 9.59 Å². The van der Waals surface area contributed by atoms with Crippen LogP contribution in [0.2, 0.25) is 0 Å². The summed E-state index contributed by atoms with van der Waals surface area (Å²) < 4.78 is 10.7. The molecule has 0 aromatic heterocycles. The molecule has 1 heterocycles. The van der Waals surface area contributed by atoms with Crippen molar-refractivity contribution in [3.63, 3.8) is 0 Å². The van der Waals surface area contributed by atoms with E-state index in [0.717, 1.165) is 0 Å². The standard InChI is InChI=1S/C12H21NO4S/c1-6-7(2)11(13-8(3)14)12(18)17-10(6)5-16-9(4)15/h6-7,10-12,18H,5H2,1-4H3,(H,13,14)/t6-,7-,10?,11?,12-/m0/s1. The number of thiol groups is 1. The molecule has 5 nitrogen and oxygen atoms in total. The molecule has 0 radical (unpaired) electrons. The van der Waals surface area contributed by atoms with E-state index in [2.05, 4.69) is 17.9 Å². The van der Waals surface area contributed by atoms with E-state index in [4.69, 9.17) is 9.47 Å². The zero-order valence-electron chi connectivity index (χ0n) is 11.2. The molecule has 6 heteroatoms. The Kier molecular flexibility index (Phi) is 5.47. The Morgan fingerprint density at radius 2 is 1.89 bits per heavy atom. The van der Waals surface area contributed by atoms with Gasteiger partial charge in [0, 0.05) is 13.8 Å². The molecule has 0 saturated carbocycles. The summed E-state index contributed by atoms with van der Waals surface area (Å²) in [6.07, 6.45) is -0.184. The van der Waals surface area contributed by atoms with Gasteiger partial charge in [-0.2, -0.15) is 0 Å². The van der Waals surface area contributed by atoms with E-state index < -0.39 is 0 Å². The fourth-order valence-electron chi connectivity index (χ4n) is 2.14. The summed E-state index contributed by atoms with van der Waals surface area (Å²) in [6.45, 7) is 7.13. The number of rotatable bonds is 3. The Bertz CT molecular complexity index is 321. The van der Waals surface area contributed by atoms with Crippen LogP contribution >= 0.6 is 12.6 Å². The highest BCUT2D eigenvalue weighted by atomic mass is 32.1. The molecule has 1 amide bonds. The van der Waals surface area contributed by atoms with Gasteiger partial charge in [0.05, 0.1) is 12.1 Å². The van der Waals surface area contributed by atoms with E-state index in [1.807, 2.05) is 13.8 Å². The predicted octanol–water partition coefficient (Wildman–Crippen LogP) is 0.981. The normalized spacial score (nSPS) is 35.9. The molecule has 0 spiro atoms. The SMILES string of the molecule is CC(=O)NC1[C@H](S)OC(COC(C)=O)[C@@H](C)[C@@H]1C. The first-order valence-electron chi connectivity index (χ1n) is 6.07. The molecule has 1 N–H and O–H groups in total. The average Bonchev–Trinajstić information content (AvgIpc) is 2.27. The van der Waals surface area contributed by atoms with Gasteiger partial charge >= 0.3 is 5.97 Å². The molecular formula is C12H21NO4S. The molecule has 0 bridgehead atoms. The van der Waals surface area contributed by atoms with Crippen molar-refractivity contribution < 1.29 is 19.1 Å². The summed E-state index contributed by atoms with van der Waals surface area (Å²) in [5.41, 5.74) is -0.388. The highest BCUT2D eigenvalue weighted by Gasteiger charge is 2.40. The number of nitrogens with one attached hydrogen (secondary N) is 1. The Balaban J connectivity index is 2.64. The third-order valence-electron chi connectivity index (χ3n) is 3.42. The summed E-state index contributed by atoms with van der Waals surface area (Å²) >= 11 is 4.36. The molecular weight excluding hydrogens is 254 g/mol. The number of carbonyl (C=O) groups is 2. The van der Waals surface area contributed by atoms with Gasteiger partial charge in [0.2, 0.25) is 5.91 Å². The summed E-state index contributed by atoms with van der Waals surface area (Å²) in [5, 5.41) is 2.85. The quantitative estimate of drug-likeness (QED) is 0.595. The van der Waals surface area contributed by atoms with Crippen LogP contribution in [0.15, 0.2) is 0 Å². The Morgan fingerprint density at radius 1 is 1.28 bits per heavy atom. The van der Waals surface area contributed by atoms with Gasteiger partial charge in [-0.15, -0.1) is 12.6 Å². The zero-order valence-corrected chi connectivity index (χ0v) is 12.1. The van der Waals surface area contributed by atoms with Crippen molar-refractivity contribution in [1.29, 1.82) is 0 Å². The van der Waals surface area contributed by atoms with E-state index in [1.165, 1.54) is 13.8 Å². The number of ether oxygens (including phenoxy) is 2. The zero-order chi connectivity index (χ0) is 13.9. The van der Waals surface area contributed by atoms with Crippen molar-refractivity contribution >= 4 is 24.5 Å². The first-order chi connectivity index (χ1) is 8.32. The van der Waals surface area contributed by atoms with Crippen molar-refractivity contribution in [2.24, 2.45) is 11.8 Å². The van der Waals surface area contributed by atoms with Crippen molar-refractivity contribution in [2.45, 2.75) is 45.3 Å². The van der Waals surface area contributed by atoms with Crippen molar-refractivity contribution in [2.75, 3.05) is 6.61 Å². The molecule has 1 fully saturated rings. The third-order valence-corrected chi connectivity index (χ3v) is 3.87. The lowest BCUT2D eigenvalue weighted by atomic mass is 9.83. The molecule has 18 heavy (non-hydrogen) atoms. The largest absolute Gasteiger partial charge is 0.463 e. The first kappa shape index (κ1) is 15.3. The molecule has 1 aliphatic heterocycles. The Morgan fingerprint density at radius 3 is 2.39 bits per heavy atom. The lowest BCUT2D eigenvalue weighted by Crippen LogP contribution is -2.55. The highest BCUT2D eigenvalue weighted by molar-refractivity contribution is 7.80. The molecule has 1 saturated heterocycles. The van der Waals surface area contributed by atoms with E-state index in [0.29, 0.717) is 0 Å². The van der Waals surface area contributed by atoms with Gasteiger partial charge in [0.15, 0.2) is 0 Å². The van der Waals surface area contributed by atoms with Crippen LogP contribution in [-0.2, 0) is 19.1 Å². The minimum absolute atomic E-state index is 0.0971. The van der Waals surface area contributed by atoms with Gasteiger partial charge in [0.1, 0.15) is 12.0 Å². The molecule has 5 atom stereocenters. The molecule has 0 aromatic rings. The van der Waals surface area contributed by atoms with Crippen LogP contribution in [0.3, 0.4) is 0 Å². The van der Waals surface area contributed by atoms with E-state index in [-0.39, 0.29) is 47.9 Å². The third kappa shape index (κ3) is 3.88. The molecule has 1 aliphatic rings. The lowest BCUT2D eigenvalue weighted by Gasteiger charge is -2.43. The van der Waals surface area contributed by atoms with Gasteiger partial charge in [-0.05, 0) is 11.8 Å². The van der Waals surface area contributed by atoms with E-state index in [1.54, 1.807) is 0 Å². The van der Waals surface area contributed by atoms with E-state index >= 15 is 0 Å². The summed E-state index contributed by atoms with van der Waals surface area (Å²) in [6, 6.07) is -0.130. The summed E-state index contributed by atoms with van der Waals surface area (Å²) in [4.78, 5) is 21.9. The molecule has 0 aromatic carbocycles. The van der Waals surface area contributed by atoms with Crippen LogP contribution in [0, 0.1) is 11.8 Å². The van der Waals surface area contributed by atoms with Crippen molar-refractivity contribution in [3.05, 3.63) is 0 Å². The van der Waals surface area contributed by atoms with Crippen LogP contribution in [0.5, 0.6) is 0 Å². The van der Waals surface area contributed by atoms with Crippen molar-refractivity contribution in [3.8, 4) is 0 Å². The van der Waals surface area contributed by atoms with Crippen LogP contribution in [0.1, 0.15) is 27.7 Å². The lowest BCUT2D eigenvalue weighted by molar-refractivity contribution is -0.154. The smallest absolute Gasteiger partial charge is 0.302 e. The van der Waals surface area contributed by atoms with Gasteiger partial charge in [-0.1, -0.05) is 13.8 Å². The second-order valence-electron chi connectivity index (χ2n) is 4.81. The molecule has 0 aliphatic carbocycles. The maximum absolute atomic E-state index is 11.1. The predicted molar refractivity (Wildman–Crippen MR) is 70.2 cm³/mol. The number of carbonyl (C=O) groups excluding carboxylic acids is 2. The highest BCUT2D eigenvalue weighted by Crippen LogP contribution is 2.32. The monoisotopic (exact) mass is 275 g/mol. The minimum Gasteiger partial charge on any atom is -0.463 e. The van der Waals surface area contributed by atoms with Gasteiger partial charge in [0.25, 0.3) is 0 Å². The number of amides is 1. The average molecular weight is 275 g/mol. The van der Waals surface area contributed by atoms with Crippen LogP contribution in [0.4, 0.5) is 0 Å². The maximum Gasteiger partial charge on any atom is 0.302 e. The summed E-state index contributed by atoms with van der Waals surface area (Å²) in [7, 11) is 0. The van der Waals surface area contributed by atoms with Crippen molar-refractivity contribution in [1.82, 2.24) is 5.32 Å². The fourth-order valence-corrected chi connectivity index (χ4v) is 2.64. The van der Waals surface area contributed by atoms with Crippen LogP contribution in [0.25, 0.3) is 0 Å². The van der Waals surface area contributed by atoms with Crippen LogP contribution in [-0.4, -0.2) is 36.1 Å². The molecule has 2 unspecified atom stereocenters.